The van der Waals surface area contributed by atoms with Crippen molar-refractivity contribution in [3.8, 4) is 6.07 Å². The molecule has 2 fully saturated rings. The van der Waals surface area contributed by atoms with Gasteiger partial charge in [0.1, 0.15) is 0 Å². The van der Waals surface area contributed by atoms with Crippen LogP contribution in [0.5, 0.6) is 0 Å². The predicted octanol–water partition coefficient (Wildman–Crippen LogP) is 3.40. The lowest BCUT2D eigenvalue weighted by Crippen LogP contribution is -2.43. The van der Waals surface area contributed by atoms with Gasteiger partial charge in [0.05, 0.1) is 44.0 Å². The molecule has 0 atom stereocenters. The molecule has 5 nitrogen and oxygen atoms in total. The van der Waals surface area contributed by atoms with Crippen LogP contribution in [0.4, 0.5) is 0 Å². The summed E-state index contributed by atoms with van der Waals surface area (Å²) < 4.78 is 23.4. The maximum absolute atomic E-state index is 8.84. The van der Waals surface area contributed by atoms with Crippen molar-refractivity contribution >= 4 is 0 Å². The van der Waals surface area contributed by atoms with E-state index in [1.807, 2.05) is 12.1 Å². The van der Waals surface area contributed by atoms with Crippen LogP contribution < -0.4 is 0 Å². The van der Waals surface area contributed by atoms with E-state index in [2.05, 4.69) is 13.0 Å². The average Bonchev–Trinajstić information content (AvgIpc) is 2.67. The molecule has 3 rings (SSSR count). The normalized spacial score (nSPS) is 30.7. The highest BCUT2D eigenvalue weighted by atomic mass is 16.7. The Morgan fingerprint density at radius 1 is 1.00 bits per heavy atom. The lowest BCUT2D eigenvalue weighted by atomic mass is 10.0. The lowest BCUT2D eigenvalue weighted by Gasteiger charge is -2.37. The molecular weight excluding hydrogens is 306 g/mol. The van der Waals surface area contributed by atoms with Crippen LogP contribution in [0.3, 0.4) is 0 Å². The maximum atomic E-state index is 8.84. The molecule has 1 aromatic rings. The smallest absolute Gasteiger partial charge is 0.183 e. The Morgan fingerprint density at radius 3 is 2.25 bits per heavy atom. The number of ether oxygens (including phenoxy) is 4. The zero-order valence-electron chi connectivity index (χ0n) is 14.1. The molecular formula is C19H25NO4. The second-order valence-electron chi connectivity index (χ2n) is 6.54. The molecule has 1 aromatic carbocycles. The highest BCUT2D eigenvalue weighted by Crippen LogP contribution is 2.29. The summed E-state index contributed by atoms with van der Waals surface area (Å²) in [7, 11) is 0. The van der Waals surface area contributed by atoms with Crippen LogP contribution in [-0.2, 0) is 18.9 Å². The van der Waals surface area contributed by atoms with Gasteiger partial charge in [-0.3, -0.25) is 0 Å². The predicted molar refractivity (Wildman–Crippen MR) is 88.0 cm³/mol. The summed E-state index contributed by atoms with van der Waals surface area (Å²) in [6.07, 6.45) is 2.99. The summed E-state index contributed by atoms with van der Waals surface area (Å²) in [6, 6.07) is 9.40. The highest BCUT2D eigenvalue weighted by molar-refractivity contribution is 5.32. The zero-order chi connectivity index (χ0) is 16.8. The van der Waals surface area contributed by atoms with Gasteiger partial charge in [-0.15, -0.1) is 0 Å². The molecule has 2 heterocycles. The van der Waals surface area contributed by atoms with Gasteiger partial charge in [0.2, 0.25) is 0 Å². The van der Waals surface area contributed by atoms with E-state index in [1.165, 1.54) is 19.3 Å². The summed E-state index contributed by atoms with van der Waals surface area (Å²) in [5.74, 6) is 0.616. The van der Waals surface area contributed by atoms with Gasteiger partial charge in [-0.1, -0.05) is 31.9 Å². The molecule has 0 radical (unpaired) electrons. The SMILES string of the molecule is CCCC[C@H]1CO[C@H]([C@H]2CO[C@H](c3ccc(C#N)cc3)OC2)OC1. The van der Waals surface area contributed by atoms with Crippen molar-refractivity contribution in [2.45, 2.75) is 38.8 Å². The topological polar surface area (TPSA) is 60.7 Å². The van der Waals surface area contributed by atoms with Gasteiger partial charge in [0.25, 0.3) is 0 Å². The Bertz CT molecular complexity index is 537. The second kappa shape index (κ2) is 8.59. The van der Waals surface area contributed by atoms with E-state index in [4.69, 9.17) is 24.2 Å². The van der Waals surface area contributed by atoms with Gasteiger partial charge in [-0.25, -0.2) is 0 Å². The summed E-state index contributed by atoms with van der Waals surface area (Å²) in [4.78, 5) is 0. The molecule has 0 aromatic heterocycles. The summed E-state index contributed by atoms with van der Waals surface area (Å²) in [6.45, 7) is 4.83. The molecule has 2 aliphatic rings. The second-order valence-corrected chi connectivity index (χ2v) is 6.54. The van der Waals surface area contributed by atoms with Crippen LogP contribution in [0, 0.1) is 23.2 Å². The van der Waals surface area contributed by atoms with Crippen molar-refractivity contribution in [3.63, 3.8) is 0 Å². The van der Waals surface area contributed by atoms with E-state index in [9.17, 15) is 0 Å². The van der Waals surface area contributed by atoms with Crippen LogP contribution in [-0.4, -0.2) is 32.7 Å². The average molecular weight is 331 g/mol. The van der Waals surface area contributed by atoms with Crippen LogP contribution in [0.2, 0.25) is 0 Å². The van der Waals surface area contributed by atoms with Gasteiger partial charge in [-0.2, -0.15) is 5.26 Å². The molecule has 0 bridgehead atoms. The first-order valence-electron chi connectivity index (χ1n) is 8.76. The fourth-order valence-corrected chi connectivity index (χ4v) is 3.07. The largest absolute Gasteiger partial charge is 0.352 e. The summed E-state index contributed by atoms with van der Waals surface area (Å²) in [5.41, 5.74) is 1.56. The van der Waals surface area contributed by atoms with Gasteiger partial charge >= 0.3 is 0 Å². The highest BCUT2D eigenvalue weighted by Gasteiger charge is 2.33. The van der Waals surface area contributed by atoms with E-state index in [0.29, 0.717) is 24.7 Å². The van der Waals surface area contributed by atoms with Gasteiger partial charge in [-0.05, 0) is 18.6 Å². The van der Waals surface area contributed by atoms with Crippen molar-refractivity contribution in [2.24, 2.45) is 11.8 Å². The minimum absolute atomic E-state index is 0.103. The third kappa shape index (κ3) is 4.34. The third-order valence-electron chi connectivity index (χ3n) is 4.58. The first kappa shape index (κ1) is 17.4. The Kier molecular flexibility index (Phi) is 6.22. The van der Waals surface area contributed by atoms with Crippen molar-refractivity contribution in [2.75, 3.05) is 26.4 Å². The Morgan fingerprint density at radius 2 is 1.67 bits per heavy atom. The molecule has 0 N–H and O–H groups in total. The summed E-state index contributed by atoms with van der Waals surface area (Å²) in [5, 5.41) is 8.84. The number of hydrogen-bond donors (Lipinski definition) is 0. The van der Waals surface area contributed by atoms with Crippen molar-refractivity contribution in [1.82, 2.24) is 0 Å². The van der Waals surface area contributed by atoms with E-state index < -0.39 is 0 Å². The Labute approximate surface area is 143 Å². The molecule has 2 saturated heterocycles. The molecule has 0 saturated carbocycles. The van der Waals surface area contributed by atoms with Crippen LogP contribution in [0.15, 0.2) is 24.3 Å². The summed E-state index contributed by atoms with van der Waals surface area (Å²) >= 11 is 0. The van der Waals surface area contributed by atoms with Gasteiger partial charge < -0.3 is 18.9 Å². The fourth-order valence-electron chi connectivity index (χ4n) is 3.07. The molecule has 0 unspecified atom stereocenters. The Hall–Kier alpha value is -1.45. The first-order chi connectivity index (χ1) is 11.8. The minimum Gasteiger partial charge on any atom is -0.352 e. The quantitative estimate of drug-likeness (QED) is 0.827. The number of rotatable bonds is 5. The molecule has 5 heteroatoms. The monoisotopic (exact) mass is 331 g/mol. The molecule has 2 aliphatic heterocycles. The minimum atomic E-state index is -0.380. The Balaban J connectivity index is 1.44. The number of nitrogens with zero attached hydrogens (tertiary/aromatic N) is 1. The number of benzene rings is 1. The van der Waals surface area contributed by atoms with E-state index in [0.717, 1.165) is 18.8 Å². The van der Waals surface area contributed by atoms with E-state index >= 15 is 0 Å². The van der Waals surface area contributed by atoms with Crippen LogP contribution >= 0.6 is 0 Å². The van der Waals surface area contributed by atoms with Crippen molar-refractivity contribution in [1.29, 1.82) is 5.26 Å². The van der Waals surface area contributed by atoms with E-state index in [1.54, 1.807) is 12.1 Å². The molecule has 0 amide bonds. The van der Waals surface area contributed by atoms with Crippen LogP contribution in [0.25, 0.3) is 0 Å². The van der Waals surface area contributed by atoms with Gasteiger partial charge in [0, 0.05) is 11.5 Å². The zero-order valence-corrected chi connectivity index (χ0v) is 14.1. The maximum Gasteiger partial charge on any atom is 0.183 e. The van der Waals surface area contributed by atoms with Gasteiger partial charge in [0.15, 0.2) is 12.6 Å². The van der Waals surface area contributed by atoms with E-state index in [-0.39, 0.29) is 18.5 Å². The van der Waals surface area contributed by atoms with Crippen molar-refractivity contribution in [3.05, 3.63) is 35.4 Å². The van der Waals surface area contributed by atoms with Crippen LogP contribution in [0.1, 0.15) is 43.6 Å². The first-order valence-corrected chi connectivity index (χ1v) is 8.76. The third-order valence-corrected chi connectivity index (χ3v) is 4.58. The lowest BCUT2D eigenvalue weighted by molar-refractivity contribution is -0.283. The fraction of sp³-hybridized carbons (Fsp3) is 0.632. The van der Waals surface area contributed by atoms with Crippen molar-refractivity contribution < 1.29 is 18.9 Å². The molecule has 0 spiro atoms. The molecule has 24 heavy (non-hydrogen) atoms. The number of unbranched alkanes of at least 4 members (excludes halogenated alkanes) is 1. The standard InChI is InChI=1S/C19H25NO4/c1-2-3-4-15-10-21-19(22-11-15)17-12-23-18(24-13-17)16-7-5-14(9-20)6-8-16/h5-8,15,17-19H,2-4,10-13H2,1H3/t15-,17-,18-,19-. The number of nitriles is 1. The number of hydrogen-bond acceptors (Lipinski definition) is 5. The molecule has 0 aliphatic carbocycles. The molecule has 130 valence electrons.